The Morgan fingerprint density at radius 1 is 1.30 bits per heavy atom. The maximum atomic E-state index is 11.0. The predicted octanol–water partition coefficient (Wildman–Crippen LogP) is 2.96. The number of rotatable bonds is 5. The number of aromatic nitrogens is 1. The monoisotopic (exact) mass is 358 g/mol. The molecule has 0 radical (unpaired) electrons. The van der Waals surface area contributed by atoms with E-state index >= 15 is 0 Å². The minimum Gasteiger partial charge on any atom is -0.344 e. The van der Waals surface area contributed by atoms with E-state index in [1.807, 2.05) is 0 Å². The lowest BCUT2D eigenvalue weighted by atomic mass is 10.2. The van der Waals surface area contributed by atoms with Crippen LogP contribution in [0, 0.1) is 13.8 Å². The molecule has 0 fully saturated rings. The maximum Gasteiger partial charge on any atom is 0.208 e. The first-order chi connectivity index (χ1) is 9.29. The summed E-state index contributed by atoms with van der Waals surface area (Å²) in [6, 6.07) is 6.37. The molecule has 4 nitrogen and oxygen atoms in total. The summed E-state index contributed by atoms with van der Waals surface area (Å²) in [5, 5.41) is 1.20. The third-order valence-electron chi connectivity index (χ3n) is 3.32. The minimum absolute atomic E-state index is 0.460. The van der Waals surface area contributed by atoms with Gasteiger partial charge in [-0.25, -0.2) is 13.1 Å². The number of hydrogen-bond acceptors (Lipinski definition) is 2. The summed E-state index contributed by atoms with van der Waals surface area (Å²) in [6.07, 6.45) is 1.95. The first-order valence-electron chi connectivity index (χ1n) is 6.49. The highest BCUT2D eigenvalue weighted by Gasteiger charge is 2.10. The van der Waals surface area contributed by atoms with Crippen LogP contribution in [0.25, 0.3) is 10.9 Å². The van der Waals surface area contributed by atoms with Gasteiger partial charge in [0.05, 0.1) is 11.8 Å². The zero-order valence-corrected chi connectivity index (χ0v) is 14.3. The first kappa shape index (κ1) is 15.5. The molecule has 1 heterocycles. The Balaban J connectivity index is 2.21. The van der Waals surface area contributed by atoms with Gasteiger partial charge in [0.25, 0.3) is 0 Å². The van der Waals surface area contributed by atoms with Gasteiger partial charge in [0.2, 0.25) is 10.0 Å². The highest BCUT2D eigenvalue weighted by Crippen LogP contribution is 2.30. The smallest absolute Gasteiger partial charge is 0.208 e. The molecule has 0 amide bonds. The number of aryl methyl sites for hydroxylation is 3. The van der Waals surface area contributed by atoms with Gasteiger partial charge in [0, 0.05) is 28.6 Å². The van der Waals surface area contributed by atoms with Crippen molar-refractivity contribution in [2.75, 3.05) is 12.8 Å². The van der Waals surface area contributed by atoms with E-state index in [1.165, 1.54) is 28.4 Å². The molecule has 0 aliphatic rings. The summed E-state index contributed by atoms with van der Waals surface area (Å²) in [6.45, 7) is 5.40. The summed E-state index contributed by atoms with van der Waals surface area (Å²) in [4.78, 5) is 0. The fourth-order valence-corrected chi connectivity index (χ4v) is 3.42. The molecule has 110 valence electrons. The van der Waals surface area contributed by atoms with E-state index in [2.05, 4.69) is 57.3 Å². The fourth-order valence-electron chi connectivity index (χ4n) is 2.33. The summed E-state index contributed by atoms with van der Waals surface area (Å²) < 4.78 is 28.0. The molecule has 1 N–H and O–H groups in total. The molecule has 0 saturated heterocycles. The molecule has 0 spiro atoms. The van der Waals surface area contributed by atoms with Gasteiger partial charge in [-0.05, 0) is 47.8 Å². The van der Waals surface area contributed by atoms with Crippen LogP contribution >= 0.6 is 15.9 Å². The molecule has 1 aromatic carbocycles. The van der Waals surface area contributed by atoms with Gasteiger partial charge in [-0.1, -0.05) is 12.1 Å². The molecule has 0 bridgehead atoms. The number of benzene rings is 1. The Hall–Kier alpha value is -0.850. The molecule has 6 heteroatoms. The average molecular weight is 359 g/mol. The normalized spacial score (nSPS) is 12.2. The van der Waals surface area contributed by atoms with Crippen molar-refractivity contribution in [3.63, 3.8) is 0 Å². The standard InChI is InChI=1S/C14H19BrN2O2S/c1-10-5-6-12-9-11(2)17(14(12)13(10)15)8-4-7-16-20(3,18)19/h5-6,9,16H,4,7-8H2,1-3H3. The molecule has 20 heavy (non-hydrogen) atoms. The molecule has 0 atom stereocenters. The number of halogens is 1. The summed E-state index contributed by atoms with van der Waals surface area (Å²) in [5.41, 5.74) is 3.57. The van der Waals surface area contributed by atoms with E-state index in [0.717, 1.165) is 17.4 Å². The second-order valence-corrected chi connectivity index (χ2v) is 7.72. The zero-order chi connectivity index (χ0) is 14.9. The topological polar surface area (TPSA) is 51.1 Å². The van der Waals surface area contributed by atoms with Crippen molar-refractivity contribution in [1.82, 2.24) is 9.29 Å². The third-order valence-corrected chi connectivity index (χ3v) is 5.05. The van der Waals surface area contributed by atoms with E-state index in [0.29, 0.717) is 6.54 Å². The maximum absolute atomic E-state index is 11.0. The van der Waals surface area contributed by atoms with Crippen LogP contribution in [0.3, 0.4) is 0 Å². The summed E-state index contributed by atoms with van der Waals surface area (Å²) >= 11 is 3.65. The highest BCUT2D eigenvalue weighted by molar-refractivity contribution is 9.10. The molecule has 2 rings (SSSR count). The number of hydrogen-bond donors (Lipinski definition) is 1. The van der Waals surface area contributed by atoms with Gasteiger partial charge >= 0.3 is 0 Å². The zero-order valence-electron chi connectivity index (χ0n) is 11.9. The van der Waals surface area contributed by atoms with Crippen molar-refractivity contribution < 1.29 is 8.42 Å². The Bertz CT molecular complexity index is 735. The second-order valence-electron chi connectivity index (χ2n) is 5.09. The highest BCUT2D eigenvalue weighted by atomic mass is 79.9. The van der Waals surface area contributed by atoms with Crippen molar-refractivity contribution in [1.29, 1.82) is 0 Å². The Morgan fingerprint density at radius 2 is 2.00 bits per heavy atom. The Labute approximate surface area is 128 Å². The lowest BCUT2D eigenvalue weighted by Crippen LogP contribution is -2.23. The van der Waals surface area contributed by atoms with E-state index in [4.69, 9.17) is 0 Å². The molecule has 2 aromatic rings. The van der Waals surface area contributed by atoms with Gasteiger partial charge in [0.1, 0.15) is 0 Å². The fraction of sp³-hybridized carbons (Fsp3) is 0.429. The van der Waals surface area contributed by atoms with Crippen molar-refractivity contribution in [2.24, 2.45) is 0 Å². The van der Waals surface area contributed by atoms with Crippen molar-refractivity contribution >= 4 is 36.9 Å². The van der Waals surface area contributed by atoms with Crippen LogP contribution in [-0.4, -0.2) is 25.8 Å². The number of nitrogens with zero attached hydrogens (tertiary/aromatic N) is 1. The van der Waals surface area contributed by atoms with E-state index < -0.39 is 10.0 Å². The average Bonchev–Trinajstić information content (AvgIpc) is 2.66. The molecular formula is C14H19BrN2O2S. The largest absolute Gasteiger partial charge is 0.344 e. The number of sulfonamides is 1. The van der Waals surface area contributed by atoms with Crippen LogP contribution in [-0.2, 0) is 16.6 Å². The van der Waals surface area contributed by atoms with Crippen LogP contribution < -0.4 is 4.72 Å². The lowest BCUT2D eigenvalue weighted by Gasteiger charge is -2.11. The molecule has 0 unspecified atom stereocenters. The van der Waals surface area contributed by atoms with E-state index in [1.54, 1.807) is 0 Å². The van der Waals surface area contributed by atoms with Gasteiger partial charge in [-0.15, -0.1) is 0 Å². The number of nitrogens with one attached hydrogen (secondary N) is 1. The first-order valence-corrected chi connectivity index (χ1v) is 9.17. The van der Waals surface area contributed by atoms with E-state index in [-0.39, 0.29) is 0 Å². The van der Waals surface area contributed by atoms with Gasteiger partial charge in [0.15, 0.2) is 0 Å². The minimum atomic E-state index is -3.10. The number of fused-ring (bicyclic) bond motifs is 1. The molecule has 0 saturated carbocycles. The summed E-state index contributed by atoms with van der Waals surface area (Å²) in [7, 11) is -3.10. The van der Waals surface area contributed by atoms with Crippen LogP contribution in [0.5, 0.6) is 0 Å². The summed E-state index contributed by atoms with van der Waals surface area (Å²) in [5.74, 6) is 0. The van der Waals surface area contributed by atoms with Gasteiger partial charge < -0.3 is 4.57 Å². The van der Waals surface area contributed by atoms with E-state index in [9.17, 15) is 8.42 Å². The van der Waals surface area contributed by atoms with Crippen molar-refractivity contribution in [2.45, 2.75) is 26.8 Å². The Kier molecular flexibility index (Phi) is 4.56. The SMILES string of the molecule is Cc1ccc2cc(C)n(CCCNS(C)(=O)=O)c2c1Br. The van der Waals surface area contributed by atoms with Crippen molar-refractivity contribution in [3.8, 4) is 0 Å². The second kappa shape index (κ2) is 5.87. The van der Waals surface area contributed by atoms with Crippen LogP contribution in [0.15, 0.2) is 22.7 Å². The van der Waals surface area contributed by atoms with Gasteiger partial charge in [-0.3, -0.25) is 0 Å². The molecular weight excluding hydrogens is 340 g/mol. The molecule has 0 aliphatic heterocycles. The van der Waals surface area contributed by atoms with Crippen LogP contribution in [0.4, 0.5) is 0 Å². The van der Waals surface area contributed by atoms with Crippen molar-refractivity contribution in [3.05, 3.63) is 33.9 Å². The third kappa shape index (κ3) is 3.42. The molecule has 0 aliphatic carbocycles. The lowest BCUT2D eigenvalue weighted by molar-refractivity contribution is 0.576. The molecule has 1 aromatic heterocycles. The van der Waals surface area contributed by atoms with Crippen LogP contribution in [0.2, 0.25) is 0 Å². The quantitative estimate of drug-likeness (QED) is 0.835. The van der Waals surface area contributed by atoms with Gasteiger partial charge in [-0.2, -0.15) is 0 Å². The van der Waals surface area contributed by atoms with Crippen LogP contribution in [0.1, 0.15) is 17.7 Å². The predicted molar refractivity (Wildman–Crippen MR) is 86.6 cm³/mol. The Morgan fingerprint density at radius 3 is 2.65 bits per heavy atom.